The fraction of sp³-hybridized carbons (Fsp3) is 0.143. The maximum Gasteiger partial charge on any atom is 0.0910 e. The number of nitrogens with two attached hydrogens (primary N) is 1. The monoisotopic (exact) mass is 238 g/mol. The summed E-state index contributed by atoms with van der Waals surface area (Å²) in [5.41, 5.74) is 10.7. The van der Waals surface area contributed by atoms with Crippen molar-refractivity contribution in [2.24, 2.45) is 5.73 Å². The largest absolute Gasteiger partial charge is 0.360 e. The van der Waals surface area contributed by atoms with Gasteiger partial charge in [-0.2, -0.15) is 0 Å². The zero-order valence-corrected chi connectivity index (χ0v) is 10.1. The first-order valence-electron chi connectivity index (χ1n) is 5.87. The number of hydrogen-bond donors (Lipinski definition) is 2. The number of aromatic amines is 1. The first kappa shape index (κ1) is 10.9. The molecule has 0 amide bonds. The molecule has 18 heavy (non-hydrogen) atoms. The molecule has 1 aromatic carbocycles. The van der Waals surface area contributed by atoms with Gasteiger partial charge in [0.2, 0.25) is 0 Å². The summed E-state index contributed by atoms with van der Waals surface area (Å²) in [6.07, 6.45) is 5.44. The third kappa shape index (κ3) is 1.67. The summed E-state index contributed by atoms with van der Waals surface area (Å²) in [6, 6.07) is 6.23. The van der Waals surface area contributed by atoms with Gasteiger partial charge in [-0.25, -0.2) is 4.98 Å². The van der Waals surface area contributed by atoms with Crippen LogP contribution in [0, 0.1) is 6.92 Å². The van der Waals surface area contributed by atoms with E-state index < -0.39 is 0 Å². The summed E-state index contributed by atoms with van der Waals surface area (Å²) < 4.78 is 0. The lowest BCUT2D eigenvalue weighted by molar-refractivity contribution is 0.968. The Hall–Kier alpha value is -2.20. The van der Waals surface area contributed by atoms with Crippen molar-refractivity contribution in [1.29, 1.82) is 0 Å². The Morgan fingerprint density at radius 1 is 1.28 bits per heavy atom. The number of rotatable bonds is 2. The van der Waals surface area contributed by atoms with Crippen LogP contribution in [-0.4, -0.2) is 15.0 Å². The molecule has 0 spiro atoms. The zero-order valence-electron chi connectivity index (χ0n) is 10.1. The normalized spacial score (nSPS) is 11.0. The standard InChI is InChI=1S/C14H14N4/c1-9-3-2-4-11-12(7-17-14(9)11)13-8-16-6-10(5-15)18-13/h2-4,6-8,17H,5,15H2,1H3. The number of H-pyrrole nitrogens is 1. The Balaban J connectivity index is 2.22. The molecule has 0 aliphatic heterocycles. The Bertz CT molecular complexity index is 700. The topological polar surface area (TPSA) is 67.6 Å². The second-order valence-electron chi connectivity index (χ2n) is 4.30. The first-order valence-corrected chi connectivity index (χ1v) is 5.87. The fourth-order valence-corrected chi connectivity index (χ4v) is 2.15. The molecule has 90 valence electrons. The van der Waals surface area contributed by atoms with Crippen LogP contribution in [0.25, 0.3) is 22.2 Å². The quantitative estimate of drug-likeness (QED) is 0.720. The van der Waals surface area contributed by atoms with E-state index in [0.29, 0.717) is 6.54 Å². The minimum absolute atomic E-state index is 0.405. The minimum atomic E-state index is 0.405. The van der Waals surface area contributed by atoms with Gasteiger partial charge in [-0.3, -0.25) is 4.98 Å². The Kier molecular flexibility index (Phi) is 2.57. The van der Waals surface area contributed by atoms with Gasteiger partial charge in [0, 0.05) is 35.4 Å². The maximum absolute atomic E-state index is 5.60. The zero-order chi connectivity index (χ0) is 12.5. The molecule has 0 bridgehead atoms. The molecule has 0 aliphatic rings. The summed E-state index contributed by atoms with van der Waals surface area (Å²) in [4.78, 5) is 12.0. The van der Waals surface area contributed by atoms with Crippen LogP contribution in [0.15, 0.2) is 36.8 Å². The number of para-hydroxylation sites is 1. The molecule has 0 saturated heterocycles. The highest BCUT2D eigenvalue weighted by Crippen LogP contribution is 2.28. The van der Waals surface area contributed by atoms with Crippen molar-refractivity contribution < 1.29 is 0 Å². The maximum atomic E-state index is 5.60. The third-order valence-corrected chi connectivity index (χ3v) is 3.09. The van der Waals surface area contributed by atoms with Crippen molar-refractivity contribution in [1.82, 2.24) is 15.0 Å². The highest BCUT2D eigenvalue weighted by atomic mass is 14.8. The van der Waals surface area contributed by atoms with Gasteiger partial charge in [0.25, 0.3) is 0 Å². The Labute approximate surface area is 105 Å². The van der Waals surface area contributed by atoms with Crippen LogP contribution in [0.5, 0.6) is 0 Å². The predicted octanol–water partition coefficient (Wildman–Crippen LogP) is 2.39. The number of hydrogen-bond acceptors (Lipinski definition) is 3. The van der Waals surface area contributed by atoms with E-state index in [2.05, 4.69) is 40.1 Å². The molecule has 0 radical (unpaired) electrons. The SMILES string of the molecule is Cc1cccc2c(-c3cncc(CN)n3)c[nH]c12. The second kappa shape index (κ2) is 4.23. The van der Waals surface area contributed by atoms with Crippen LogP contribution >= 0.6 is 0 Å². The fourth-order valence-electron chi connectivity index (χ4n) is 2.15. The molecule has 0 aliphatic carbocycles. The van der Waals surface area contributed by atoms with Crippen LogP contribution in [0.4, 0.5) is 0 Å². The number of aryl methyl sites for hydroxylation is 1. The van der Waals surface area contributed by atoms with E-state index in [1.54, 1.807) is 12.4 Å². The van der Waals surface area contributed by atoms with E-state index in [1.807, 2.05) is 6.20 Å². The van der Waals surface area contributed by atoms with Gasteiger partial charge >= 0.3 is 0 Å². The lowest BCUT2D eigenvalue weighted by Gasteiger charge is -2.01. The smallest absolute Gasteiger partial charge is 0.0910 e. The van der Waals surface area contributed by atoms with Crippen LogP contribution in [-0.2, 0) is 6.54 Å². The molecule has 3 N–H and O–H groups in total. The van der Waals surface area contributed by atoms with E-state index in [0.717, 1.165) is 22.5 Å². The van der Waals surface area contributed by atoms with Crippen LogP contribution in [0.2, 0.25) is 0 Å². The highest BCUT2D eigenvalue weighted by Gasteiger charge is 2.09. The first-order chi connectivity index (χ1) is 8.79. The summed E-state index contributed by atoms with van der Waals surface area (Å²) in [5.74, 6) is 0. The summed E-state index contributed by atoms with van der Waals surface area (Å²) >= 11 is 0. The number of aromatic nitrogens is 3. The van der Waals surface area contributed by atoms with E-state index in [1.165, 1.54) is 10.9 Å². The number of benzene rings is 1. The van der Waals surface area contributed by atoms with Crippen molar-refractivity contribution >= 4 is 10.9 Å². The van der Waals surface area contributed by atoms with Gasteiger partial charge in [0.15, 0.2) is 0 Å². The van der Waals surface area contributed by atoms with Crippen molar-refractivity contribution in [3.63, 3.8) is 0 Å². The second-order valence-corrected chi connectivity index (χ2v) is 4.30. The van der Waals surface area contributed by atoms with Gasteiger partial charge in [-0.05, 0) is 12.5 Å². The molecule has 0 fully saturated rings. The molecule has 4 nitrogen and oxygen atoms in total. The average Bonchev–Trinajstić information content (AvgIpc) is 2.84. The van der Waals surface area contributed by atoms with Crippen molar-refractivity contribution in [3.05, 3.63) is 48.0 Å². The molecule has 3 rings (SSSR count). The lowest BCUT2D eigenvalue weighted by atomic mass is 10.1. The summed E-state index contributed by atoms with van der Waals surface area (Å²) in [7, 11) is 0. The summed E-state index contributed by atoms with van der Waals surface area (Å²) in [6.45, 7) is 2.49. The van der Waals surface area contributed by atoms with E-state index in [4.69, 9.17) is 5.73 Å². The number of fused-ring (bicyclic) bond motifs is 1. The molecular weight excluding hydrogens is 224 g/mol. The molecule has 3 aromatic rings. The predicted molar refractivity (Wildman–Crippen MR) is 72.0 cm³/mol. The molecule has 2 aromatic heterocycles. The highest BCUT2D eigenvalue weighted by molar-refractivity contribution is 5.96. The molecule has 0 saturated carbocycles. The Morgan fingerprint density at radius 3 is 3.00 bits per heavy atom. The third-order valence-electron chi connectivity index (χ3n) is 3.09. The molecular formula is C14H14N4. The summed E-state index contributed by atoms with van der Waals surface area (Å²) in [5, 5.41) is 1.17. The van der Waals surface area contributed by atoms with Crippen LogP contribution < -0.4 is 5.73 Å². The molecule has 0 atom stereocenters. The van der Waals surface area contributed by atoms with Crippen molar-refractivity contribution in [2.45, 2.75) is 13.5 Å². The van der Waals surface area contributed by atoms with Gasteiger partial charge in [-0.15, -0.1) is 0 Å². The van der Waals surface area contributed by atoms with Gasteiger partial charge < -0.3 is 10.7 Å². The van der Waals surface area contributed by atoms with Gasteiger partial charge in [-0.1, -0.05) is 18.2 Å². The van der Waals surface area contributed by atoms with Crippen molar-refractivity contribution in [2.75, 3.05) is 0 Å². The van der Waals surface area contributed by atoms with E-state index >= 15 is 0 Å². The average molecular weight is 238 g/mol. The van der Waals surface area contributed by atoms with E-state index in [9.17, 15) is 0 Å². The number of nitrogens with zero attached hydrogens (tertiary/aromatic N) is 2. The number of nitrogens with one attached hydrogen (secondary N) is 1. The van der Waals surface area contributed by atoms with Crippen molar-refractivity contribution in [3.8, 4) is 11.3 Å². The molecule has 2 heterocycles. The minimum Gasteiger partial charge on any atom is -0.360 e. The molecule has 4 heteroatoms. The lowest BCUT2D eigenvalue weighted by Crippen LogP contribution is -2.00. The van der Waals surface area contributed by atoms with Gasteiger partial charge in [0.1, 0.15) is 0 Å². The molecule has 0 unspecified atom stereocenters. The Morgan fingerprint density at radius 2 is 2.17 bits per heavy atom. The van der Waals surface area contributed by atoms with E-state index in [-0.39, 0.29) is 0 Å². The van der Waals surface area contributed by atoms with Crippen LogP contribution in [0.3, 0.4) is 0 Å². The van der Waals surface area contributed by atoms with Gasteiger partial charge in [0.05, 0.1) is 17.6 Å². The van der Waals surface area contributed by atoms with Crippen LogP contribution in [0.1, 0.15) is 11.3 Å².